The molecule has 5 rings (SSSR count). The van der Waals surface area contributed by atoms with Crippen molar-refractivity contribution in [3.05, 3.63) is 28.8 Å². The van der Waals surface area contributed by atoms with Crippen molar-refractivity contribution < 1.29 is 26.4 Å². The Morgan fingerprint density at radius 1 is 1.00 bits per heavy atom. The first-order chi connectivity index (χ1) is 19.1. The van der Waals surface area contributed by atoms with Crippen molar-refractivity contribution in [1.29, 1.82) is 0 Å². The molecule has 3 aliphatic heterocycles. The molecule has 1 aromatic rings. The van der Waals surface area contributed by atoms with E-state index in [0.717, 1.165) is 52.5 Å². The van der Waals surface area contributed by atoms with Gasteiger partial charge in [-0.1, -0.05) is 19.8 Å². The predicted molar refractivity (Wildman–Crippen MR) is 157 cm³/mol. The van der Waals surface area contributed by atoms with Crippen molar-refractivity contribution >= 4 is 43.6 Å². The Morgan fingerprint density at radius 3 is 2.12 bits per heavy atom. The molecule has 1 aromatic carbocycles. The molecule has 3 heterocycles. The molecule has 13 heteroatoms. The largest absolute Gasteiger partial charge is 0.327 e. The van der Waals surface area contributed by atoms with E-state index in [1.807, 2.05) is 18.6 Å². The van der Waals surface area contributed by atoms with Crippen LogP contribution in [0.4, 0.5) is 5.69 Å². The molecule has 1 spiro atoms. The second kappa shape index (κ2) is 10.3. The number of anilines is 1. The molecule has 226 valence electrons. The number of amides is 2. The average Bonchev–Trinajstić information content (AvgIpc) is 3.27. The maximum Gasteiger partial charge on any atom is 0.327 e. The highest BCUT2D eigenvalue weighted by molar-refractivity contribution is 7.92. The molecule has 0 aromatic heterocycles. The molecule has 0 atom stereocenters. The van der Waals surface area contributed by atoms with Gasteiger partial charge in [0.1, 0.15) is 16.9 Å². The van der Waals surface area contributed by atoms with Crippen LogP contribution in [0.2, 0.25) is 0 Å². The average molecular weight is 608 g/mol. The number of piperidine rings is 1. The van der Waals surface area contributed by atoms with Crippen molar-refractivity contribution in [3.63, 3.8) is 0 Å². The van der Waals surface area contributed by atoms with E-state index in [9.17, 15) is 26.4 Å². The van der Waals surface area contributed by atoms with Gasteiger partial charge < -0.3 is 5.32 Å². The summed E-state index contributed by atoms with van der Waals surface area (Å²) in [5.74, 6) is 0.963. The number of aliphatic imine (C=N–C) groups is 1. The van der Waals surface area contributed by atoms with Crippen LogP contribution in [0.5, 0.6) is 0 Å². The monoisotopic (exact) mass is 607 g/mol. The molecule has 11 nitrogen and oxygen atoms in total. The highest BCUT2D eigenvalue weighted by atomic mass is 32.2. The molecule has 41 heavy (non-hydrogen) atoms. The maximum atomic E-state index is 13.3. The lowest BCUT2D eigenvalue weighted by Gasteiger charge is -2.35. The number of benzene rings is 1. The molecular weight excluding hydrogens is 566 g/mol. The van der Waals surface area contributed by atoms with E-state index in [-0.39, 0.29) is 37.1 Å². The lowest BCUT2D eigenvalue weighted by Crippen LogP contribution is -2.51. The van der Waals surface area contributed by atoms with Crippen LogP contribution in [0.3, 0.4) is 0 Å². The van der Waals surface area contributed by atoms with Crippen LogP contribution in [-0.2, 0) is 36.2 Å². The number of nitrogens with one attached hydrogen (secondary N) is 2. The van der Waals surface area contributed by atoms with Crippen molar-refractivity contribution in [2.75, 3.05) is 23.1 Å². The topological polar surface area (TPSA) is 145 Å². The van der Waals surface area contributed by atoms with Gasteiger partial charge >= 0.3 is 10.2 Å². The molecule has 0 bridgehead atoms. The summed E-state index contributed by atoms with van der Waals surface area (Å²) in [6.45, 7) is 9.45. The van der Waals surface area contributed by atoms with Gasteiger partial charge in [0.2, 0.25) is 10.0 Å². The van der Waals surface area contributed by atoms with Gasteiger partial charge in [-0.3, -0.25) is 14.6 Å². The molecule has 0 unspecified atom stereocenters. The summed E-state index contributed by atoms with van der Waals surface area (Å²) in [4.78, 5) is 30.1. The van der Waals surface area contributed by atoms with Gasteiger partial charge in [-0.05, 0) is 94.5 Å². The van der Waals surface area contributed by atoms with Crippen LogP contribution in [0.15, 0.2) is 17.1 Å². The first-order valence-electron chi connectivity index (χ1n) is 14.4. The fourth-order valence-corrected chi connectivity index (χ4v) is 9.83. The van der Waals surface area contributed by atoms with Crippen LogP contribution in [-0.4, -0.2) is 68.7 Å². The minimum absolute atomic E-state index is 0.102. The molecule has 1 aliphatic carbocycles. The number of amidine groups is 1. The van der Waals surface area contributed by atoms with Crippen LogP contribution in [0, 0.1) is 25.7 Å². The fraction of sp³-hybridized carbons (Fsp3) is 0.679. The Morgan fingerprint density at radius 2 is 1.59 bits per heavy atom. The Labute approximate surface area is 243 Å². The summed E-state index contributed by atoms with van der Waals surface area (Å²) < 4.78 is 56.5. The SMILES string of the molecule is Cc1cc(N2C(C)(C)C(=O)NS2(=O)=O)cc(C)c1CCS(=O)(=O)N1CCC2(CC1)N=C(C1CCC(C)CC1)NC2=O. The lowest BCUT2D eigenvalue weighted by atomic mass is 9.82. The highest BCUT2D eigenvalue weighted by Gasteiger charge is 2.51. The minimum Gasteiger partial charge on any atom is -0.312 e. The van der Waals surface area contributed by atoms with Crippen LogP contribution >= 0.6 is 0 Å². The van der Waals surface area contributed by atoms with E-state index in [4.69, 9.17) is 4.99 Å². The number of carbonyl (C=O) groups is 2. The molecule has 3 fully saturated rings. The van der Waals surface area contributed by atoms with Gasteiger partial charge in [0.05, 0.1) is 11.4 Å². The van der Waals surface area contributed by atoms with Gasteiger partial charge in [-0.2, -0.15) is 8.42 Å². The second-order valence-electron chi connectivity index (χ2n) is 12.7. The third-order valence-electron chi connectivity index (χ3n) is 9.39. The Bertz CT molecular complexity index is 1480. The van der Waals surface area contributed by atoms with Crippen LogP contribution in [0.25, 0.3) is 0 Å². The standard InChI is InChI=1S/C28H41N5O6S2/c1-18-6-8-21(9-7-18)24-29-26(35)28(30-24)11-13-32(14-12-28)40(36,37)15-10-23-19(2)16-22(17-20(23)3)33-27(4,5)25(34)31-41(33,38)39/h16-18,21H,6-15H2,1-5H3,(H,31,34)(H,29,30,35). The zero-order valence-electron chi connectivity index (χ0n) is 24.5. The molecule has 2 amide bonds. The molecular formula is C28H41N5O6S2. The number of hydrogen-bond acceptors (Lipinski definition) is 7. The predicted octanol–water partition coefficient (Wildman–Crippen LogP) is 2.32. The molecule has 4 aliphatic rings. The van der Waals surface area contributed by atoms with Crippen LogP contribution in [0.1, 0.15) is 76.0 Å². The lowest BCUT2D eigenvalue weighted by molar-refractivity contribution is -0.125. The summed E-state index contributed by atoms with van der Waals surface area (Å²) >= 11 is 0. The minimum atomic E-state index is -4.03. The first-order valence-corrected chi connectivity index (χ1v) is 17.5. The van der Waals surface area contributed by atoms with Crippen molar-refractivity contribution in [3.8, 4) is 0 Å². The maximum absolute atomic E-state index is 13.3. The fourth-order valence-electron chi connectivity index (χ4n) is 6.73. The van der Waals surface area contributed by atoms with E-state index in [0.29, 0.717) is 24.4 Å². The first kappa shape index (κ1) is 30.0. The van der Waals surface area contributed by atoms with E-state index in [1.54, 1.807) is 26.0 Å². The summed E-state index contributed by atoms with van der Waals surface area (Å²) in [5, 5.41) is 3.03. The van der Waals surface area contributed by atoms with Crippen LogP contribution < -0.4 is 14.3 Å². The van der Waals surface area contributed by atoms with E-state index >= 15 is 0 Å². The number of rotatable bonds is 6. The quantitative estimate of drug-likeness (QED) is 0.508. The van der Waals surface area contributed by atoms with E-state index in [1.165, 1.54) is 4.31 Å². The molecule has 2 N–H and O–H groups in total. The Balaban J connectivity index is 1.25. The van der Waals surface area contributed by atoms with Crippen molar-refractivity contribution in [2.45, 2.75) is 90.6 Å². The van der Waals surface area contributed by atoms with E-state index in [2.05, 4.69) is 12.2 Å². The zero-order valence-corrected chi connectivity index (χ0v) is 26.1. The zero-order chi connectivity index (χ0) is 30.0. The third kappa shape index (κ3) is 5.40. The van der Waals surface area contributed by atoms with Crippen molar-refractivity contribution in [1.82, 2.24) is 14.3 Å². The smallest absolute Gasteiger partial charge is 0.312 e. The van der Waals surface area contributed by atoms with Gasteiger partial charge in [-0.15, -0.1) is 0 Å². The summed E-state index contributed by atoms with van der Waals surface area (Å²) in [7, 11) is -7.62. The van der Waals surface area contributed by atoms with Gasteiger partial charge in [0.25, 0.3) is 11.8 Å². The molecule has 0 radical (unpaired) electrons. The number of aryl methyl sites for hydroxylation is 2. The Kier molecular flexibility index (Phi) is 7.56. The number of sulfonamides is 1. The van der Waals surface area contributed by atoms with E-state index < -0.39 is 37.2 Å². The molecule has 2 saturated heterocycles. The van der Waals surface area contributed by atoms with Gasteiger partial charge in [0, 0.05) is 19.0 Å². The number of carbonyl (C=O) groups excluding carboxylic acids is 2. The molecule has 1 saturated carbocycles. The highest BCUT2D eigenvalue weighted by Crippen LogP contribution is 2.37. The van der Waals surface area contributed by atoms with Gasteiger partial charge in [0.15, 0.2) is 0 Å². The number of hydrogen-bond donors (Lipinski definition) is 2. The number of nitrogens with zero attached hydrogens (tertiary/aromatic N) is 3. The van der Waals surface area contributed by atoms with Gasteiger partial charge in [-0.25, -0.2) is 21.8 Å². The normalized spacial score (nSPS) is 27.5. The second-order valence-corrected chi connectivity index (χ2v) is 16.3. The van der Waals surface area contributed by atoms with Crippen molar-refractivity contribution in [2.24, 2.45) is 16.8 Å². The summed E-state index contributed by atoms with van der Waals surface area (Å²) in [6.07, 6.45) is 5.31. The Hall–Kier alpha value is -2.51. The summed E-state index contributed by atoms with van der Waals surface area (Å²) in [6, 6.07) is 3.36. The third-order valence-corrected chi connectivity index (χ3v) is 12.9. The summed E-state index contributed by atoms with van der Waals surface area (Å²) in [5.41, 5.74) is 0.524.